The summed E-state index contributed by atoms with van der Waals surface area (Å²) in [4.78, 5) is 123. The first kappa shape index (κ1) is 50.4. The van der Waals surface area contributed by atoms with E-state index in [9.17, 15) is 48.3 Å². The third-order valence-corrected chi connectivity index (χ3v) is 10.1. The average Bonchev–Trinajstić information content (AvgIpc) is 3.16. The Labute approximate surface area is 340 Å². The fourth-order valence-electron chi connectivity index (χ4n) is 4.52. The third-order valence-electron chi connectivity index (χ3n) is 7.62. The zero-order valence-electron chi connectivity index (χ0n) is 31.7. The number of hydrogen-bond acceptors (Lipinski definition) is 15. The Balaban J connectivity index is 3.31. The number of amides is 9. The van der Waals surface area contributed by atoms with E-state index in [1.165, 1.54) is 6.92 Å². The molecule has 0 bridgehead atoms. The molecule has 6 atom stereocenters. The van der Waals surface area contributed by atoms with Gasteiger partial charge in [-0.3, -0.25) is 53.1 Å². The van der Waals surface area contributed by atoms with Gasteiger partial charge >= 0.3 is 0 Å². The summed E-state index contributed by atoms with van der Waals surface area (Å²) in [5, 5.41) is 28.5. The number of primary amides is 1. The SMILES string of the molecule is C[C@@H]1NC(=O)[C@H](CCCN=C(N)N)NC(=O)[C@H](CCCN=C(N)N)NC(=O)CNC(=O)[C@@H](N)CSSC[C@@H](C(N)=O)NC(=O)[C@H](CO)NC(=O)CNC(=O)CNC1=O. The smallest absolute Gasteiger partial charge is 0.245 e. The van der Waals surface area contributed by atoms with E-state index in [0.29, 0.717) is 0 Å². The highest BCUT2D eigenvalue weighted by atomic mass is 33.1. The number of hydrogen-bond donors (Lipinski definition) is 15. The minimum Gasteiger partial charge on any atom is -0.394 e. The number of guanidine groups is 2. The molecule has 1 saturated heterocycles. The maximum atomic E-state index is 13.6. The molecule has 0 aromatic rings. The first-order valence-corrected chi connectivity index (χ1v) is 20.2. The molecule has 0 unspecified atom stereocenters. The van der Waals surface area contributed by atoms with E-state index in [0.717, 1.165) is 21.6 Å². The van der Waals surface area contributed by atoms with E-state index in [4.69, 9.17) is 34.4 Å². The lowest BCUT2D eigenvalue weighted by Gasteiger charge is -2.24. The van der Waals surface area contributed by atoms with Gasteiger partial charge in [0.25, 0.3) is 0 Å². The fourth-order valence-corrected chi connectivity index (χ4v) is 6.82. The van der Waals surface area contributed by atoms with Crippen molar-refractivity contribution in [1.29, 1.82) is 0 Å². The molecule has 0 radical (unpaired) electrons. The predicted octanol–water partition coefficient (Wildman–Crippen LogP) is -8.91. The Hall–Kier alpha value is -5.61. The number of nitrogens with one attached hydrogen (secondary N) is 8. The second-order valence-corrected chi connectivity index (χ2v) is 15.0. The number of carbonyl (C=O) groups excluding carboxylic acids is 9. The molecule has 28 heteroatoms. The van der Waals surface area contributed by atoms with E-state index >= 15 is 0 Å². The molecule has 9 amide bonds. The molecule has 1 aliphatic rings. The molecular weight excluding hydrogens is 809 g/mol. The van der Waals surface area contributed by atoms with Crippen LogP contribution in [0.25, 0.3) is 0 Å². The van der Waals surface area contributed by atoms with Gasteiger partial charge < -0.3 is 82.0 Å². The van der Waals surface area contributed by atoms with E-state index in [-0.39, 0.29) is 62.2 Å². The van der Waals surface area contributed by atoms with Crippen LogP contribution in [-0.2, 0) is 43.2 Å². The quantitative estimate of drug-likeness (QED) is 0.0420. The minimum atomic E-state index is -1.54. The van der Waals surface area contributed by atoms with E-state index in [2.05, 4.69) is 52.5 Å². The Kier molecular flexibility index (Phi) is 23.6. The normalized spacial score (nSPS) is 24.5. The molecular formula is C30H54N16O10S2. The number of aliphatic hydroxyl groups is 1. The summed E-state index contributed by atoms with van der Waals surface area (Å²) in [5.41, 5.74) is 32.9. The van der Waals surface area contributed by atoms with Gasteiger partial charge in [-0.25, -0.2) is 0 Å². The van der Waals surface area contributed by atoms with Crippen LogP contribution in [0.1, 0.15) is 32.6 Å². The van der Waals surface area contributed by atoms with Crippen LogP contribution in [-0.4, -0.2) is 157 Å². The summed E-state index contributed by atoms with van der Waals surface area (Å²) in [6.45, 7) is -1.36. The van der Waals surface area contributed by atoms with Crippen LogP contribution >= 0.6 is 21.6 Å². The first-order chi connectivity index (χ1) is 27.3. The van der Waals surface area contributed by atoms with Gasteiger partial charge in [0.1, 0.15) is 30.2 Å². The predicted molar refractivity (Wildman–Crippen MR) is 213 cm³/mol. The number of rotatable bonds is 10. The highest BCUT2D eigenvalue weighted by Crippen LogP contribution is 2.22. The zero-order chi connectivity index (χ0) is 43.8. The summed E-state index contributed by atoms with van der Waals surface area (Å²) < 4.78 is 0. The summed E-state index contributed by atoms with van der Waals surface area (Å²) >= 11 is 0. The zero-order valence-corrected chi connectivity index (χ0v) is 33.4. The standard InChI is InChI=1S/C30H54N16O10S2/c1-14-24(52)40-8-20(48)39-9-21(49)44-18(11-47)28(56)46-19(23(32)51)13-58-57-12-15(31)25(53)41-10-22(50)43-16(4-2-6-37-29(33)34)27(55)45-17(26(54)42-14)5-3-7-38-30(35)36/h14-19,47H,2-13,31H2,1H3,(H2,32,51)(H,39,48)(H,40,52)(H,41,53)(H,42,54)(H,43,50)(H,44,49)(H,45,55)(H,46,56)(H4,33,34,37)(H4,35,36,38)/t14-,15-,16-,17-,18-,19-/m0/s1. The largest absolute Gasteiger partial charge is 0.394 e. The molecule has 58 heavy (non-hydrogen) atoms. The van der Waals surface area contributed by atoms with Crippen LogP contribution in [0.3, 0.4) is 0 Å². The average molecular weight is 863 g/mol. The molecule has 326 valence electrons. The lowest BCUT2D eigenvalue weighted by Crippen LogP contribution is -2.57. The van der Waals surface area contributed by atoms with Gasteiger partial charge in [0.15, 0.2) is 11.9 Å². The summed E-state index contributed by atoms with van der Waals surface area (Å²) in [7, 11) is 2.05. The second kappa shape index (κ2) is 27.1. The maximum absolute atomic E-state index is 13.6. The Bertz CT molecular complexity index is 1530. The van der Waals surface area contributed by atoms with Gasteiger partial charge in [0.05, 0.1) is 32.3 Å². The summed E-state index contributed by atoms with van der Waals surface area (Å²) in [6.07, 6.45) is 0.328. The minimum absolute atomic E-state index is 0.0199. The van der Waals surface area contributed by atoms with Crippen LogP contribution in [0, 0.1) is 0 Å². The molecule has 0 aromatic carbocycles. The molecule has 1 heterocycles. The van der Waals surface area contributed by atoms with Crippen molar-refractivity contribution in [3.8, 4) is 0 Å². The van der Waals surface area contributed by atoms with E-state index < -0.39 is 116 Å². The van der Waals surface area contributed by atoms with Crippen molar-refractivity contribution in [2.45, 2.75) is 68.9 Å². The summed E-state index contributed by atoms with van der Waals surface area (Å²) in [5.74, 6) is -8.22. The van der Waals surface area contributed by atoms with Crippen molar-refractivity contribution >= 4 is 86.7 Å². The van der Waals surface area contributed by atoms with Crippen LogP contribution in [0.15, 0.2) is 9.98 Å². The number of nitrogens with two attached hydrogens (primary N) is 6. The Morgan fingerprint density at radius 3 is 1.64 bits per heavy atom. The lowest BCUT2D eigenvalue weighted by molar-refractivity contribution is -0.134. The highest BCUT2D eigenvalue weighted by Gasteiger charge is 2.29. The molecule has 0 saturated carbocycles. The number of carbonyl (C=O) groups is 9. The Morgan fingerprint density at radius 1 is 0.621 bits per heavy atom. The van der Waals surface area contributed by atoms with Gasteiger partial charge in [-0.05, 0) is 32.6 Å². The maximum Gasteiger partial charge on any atom is 0.245 e. The summed E-state index contributed by atoms with van der Waals surface area (Å²) in [6, 6.07) is -7.79. The van der Waals surface area contributed by atoms with Crippen LogP contribution in [0.2, 0.25) is 0 Å². The van der Waals surface area contributed by atoms with Crippen LogP contribution in [0.4, 0.5) is 0 Å². The Morgan fingerprint density at radius 2 is 1.09 bits per heavy atom. The first-order valence-electron chi connectivity index (χ1n) is 17.7. The molecule has 1 aliphatic heterocycles. The van der Waals surface area contributed by atoms with Crippen molar-refractivity contribution in [2.75, 3.05) is 50.8 Å². The molecule has 21 N–H and O–H groups in total. The van der Waals surface area contributed by atoms with Crippen molar-refractivity contribution < 1.29 is 48.3 Å². The second-order valence-electron chi connectivity index (χ2n) is 12.5. The topological polar surface area (TPSA) is 451 Å². The molecule has 26 nitrogen and oxygen atoms in total. The van der Waals surface area contributed by atoms with Crippen molar-refractivity contribution in [3.05, 3.63) is 0 Å². The van der Waals surface area contributed by atoms with Crippen LogP contribution < -0.4 is 76.9 Å². The van der Waals surface area contributed by atoms with Crippen molar-refractivity contribution in [2.24, 2.45) is 44.4 Å². The van der Waals surface area contributed by atoms with Gasteiger partial charge in [-0.15, -0.1) is 0 Å². The van der Waals surface area contributed by atoms with Gasteiger partial charge in [-0.2, -0.15) is 0 Å². The van der Waals surface area contributed by atoms with Crippen molar-refractivity contribution in [1.82, 2.24) is 42.5 Å². The fraction of sp³-hybridized carbons (Fsp3) is 0.633. The molecule has 0 aliphatic carbocycles. The van der Waals surface area contributed by atoms with E-state index in [1.807, 2.05) is 0 Å². The van der Waals surface area contributed by atoms with Crippen LogP contribution in [0.5, 0.6) is 0 Å². The molecule has 0 aromatic heterocycles. The van der Waals surface area contributed by atoms with E-state index in [1.54, 1.807) is 0 Å². The molecule has 1 rings (SSSR count). The highest BCUT2D eigenvalue weighted by molar-refractivity contribution is 8.76. The number of nitrogens with zero attached hydrogens (tertiary/aromatic N) is 2. The molecule has 0 spiro atoms. The molecule has 1 fully saturated rings. The monoisotopic (exact) mass is 862 g/mol. The van der Waals surface area contributed by atoms with Gasteiger partial charge in [0.2, 0.25) is 53.2 Å². The lowest BCUT2D eigenvalue weighted by atomic mass is 10.1. The number of aliphatic imine (C=N–C) groups is 2. The van der Waals surface area contributed by atoms with Gasteiger partial charge in [-0.1, -0.05) is 21.6 Å². The van der Waals surface area contributed by atoms with Crippen molar-refractivity contribution in [3.63, 3.8) is 0 Å². The van der Waals surface area contributed by atoms with Gasteiger partial charge in [0, 0.05) is 24.6 Å². The number of aliphatic hydroxyl groups excluding tert-OH is 1. The third kappa shape index (κ3) is 21.1.